The SMILES string of the molecule is CCOC(=O)c1c(NC(=O)c2cc3ccccc3o2)sc2ccccc12. The molecule has 2 heterocycles. The van der Waals surface area contributed by atoms with Gasteiger partial charge in [-0.05, 0) is 25.1 Å². The van der Waals surface area contributed by atoms with Crippen LogP contribution in [-0.4, -0.2) is 18.5 Å². The predicted molar refractivity (Wildman–Crippen MR) is 102 cm³/mol. The van der Waals surface area contributed by atoms with Crippen molar-refractivity contribution >= 4 is 49.3 Å². The minimum atomic E-state index is -0.454. The Hall–Kier alpha value is -3.12. The molecule has 0 fully saturated rings. The molecule has 2 aromatic carbocycles. The quantitative estimate of drug-likeness (QED) is 0.512. The lowest BCUT2D eigenvalue weighted by Crippen LogP contribution is -2.13. The molecule has 2 aromatic heterocycles. The number of amides is 1. The van der Waals surface area contributed by atoms with E-state index in [4.69, 9.17) is 9.15 Å². The number of hydrogen-bond acceptors (Lipinski definition) is 5. The molecule has 0 saturated carbocycles. The minimum Gasteiger partial charge on any atom is -0.462 e. The van der Waals surface area contributed by atoms with Crippen LogP contribution in [0.25, 0.3) is 21.1 Å². The molecule has 1 N–H and O–H groups in total. The molecule has 1 amide bonds. The van der Waals surface area contributed by atoms with Gasteiger partial charge in [0.1, 0.15) is 16.1 Å². The van der Waals surface area contributed by atoms with E-state index in [9.17, 15) is 9.59 Å². The number of nitrogens with one attached hydrogen (secondary N) is 1. The van der Waals surface area contributed by atoms with Crippen molar-refractivity contribution < 1.29 is 18.7 Å². The monoisotopic (exact) mass is 365 g/mol. The number of benzene rings is 2. The van der Waals surface area contributed by atoms with Crippen molar-refractivity contribution in [2.75, 3.05) is 11.9 Å². The lowest BCUT2D eigenvalue weighted by Gasteiger charge is -2.05. The fourth-order valence-corrected chi connectivity index (χ4v) is 3.88. The number of carbonyl (C=O) groups is 2. The first-order valence-electron chi connectivity index (χ1n) is 8.16. The summed E-state index contributed by atoms with van der Waals surface area (Å²) in [5.74, 6) is -0.665. The van der Waals surface area contributed by atoms with Crippen molar-refractivity contribution in [2.24, 2.45) is 0 Å². The van der Waals surface area contributed by atoms with Crippen molar-refractivity contribution in [3.63, 3.8) is 0 Å². The Morgan fingerprint density at radius 2 is 1.88 bits per heavy atom. The lowest BCUT2D eigenvalue weighted by atomic mass is 10.1. The van der Waals surface area contributed by atoms with Crippen molar-refractivity contribution in [3.8, 4) is 0 Å². The van der Waals surface area contributed by atoms with Gasteiger partial charge < -0.3 is 14.5 Å². The first-order chi connectivity index (χ1) is 12.7. The highest BCUT2D eigenvalue weighted by molar-refractivity contribution is 7.23. The third kappa shape index (κ3) is 2.84. The summed E-state index contributed by atoms with van der Waals surface area (Å²) in [5.41, 5.74) is 1.01. The number of furan rings is 1. The summed E-state index contributed by atoms with van der Waals surface area (Å²) in [5, 5.41) is 4.86. The van der Waals surface area contributed by atoms with E-state index in [1.165, 1.54) is 11.3 Å². The highest BCUT2D eigenvalue weighted by Crippen LogP contribution is 2.36. The van der Waals surface area contributed by atoms with Crippen LogP contribution in [0.15, 0.2) is 59.0 Å². The molecule has 4 aromatic rings. The number of ether oxygens (including phenoxy) is 1. The molecule has 6 heteroatoms. The van der Waals surface area contributed by atoms with E-state index < -0.39 is 11.9 Å². The minimum absolute atomic E-state index is 0.193. The molecule has 0 bridgehead atoms. The summed E-state index contributed by atoms with van der Waals surface area (Å²) in [6, 6.07) is 16.6. The van der Waals surface area contributed by atoms with E-state index in [1.54, 1.807) is 19.1 Å². The average molecular weight is 365 g/mol. The molecular formula is C20H15NO4S. The van der Waals surface area contributed by atoms with Crippen LogP contribution in [0, 0.1) is 0 Å². The largest absolute Gasteiger partial charge is 0.462 e. The van der Waals surface area contributed by atoms with Gasteiger partial charge in [0.05, 0.1) is 6.61 Å². The number of rotatable bonds is 4. The zero-order valence-corrected chi connectivity index (χ0v) is 14.8. The van der Waals surface area contributed by atoms with Crippen LogP contribution in [0.5, 0.6) is 0 Å². The van der Waals surface area contributed by atoms with Crippen molar-refractivity contribution in [1.82, 2.24) is 0 Å². The molecule has 0 aliphatic heterocycles. The number of thiophene rings is 1. The second-order valence-electron chi connectivity index (χ2n) is 5.63. The molecule has 26 heavy (non-hydrogen) atoms. The highest BCUT2D eigenvalue weighted by Gasteiger charge is 2.23. The van der Waals surface area contributed by atoms with Crippen LogP contribution in [0.4, 0.5) is 5.00 Å². The van der Waals surface area contributed by atoms with Gasteiger partial charge in [0, 0.05) is 15.5 Å². The third-order valence-corrected chi connectivity index (χ3v) is 5.04. The van der Waals surface area contributed by atoms with E-state index in [2.05, 4.69) is 5.32 Å². The summed E-state index contributed by atoms with van der Waals surface area (Å²) in [6.45, 7) is 2.01. The lowest BCUT2D eigenvalue weighted by molar-refractivity contribution is 0.0530. The van der Waals surface area contributed by atoms with E-state index in [0.717, 1.165) is 15.5 Å². The van der Waals surface area contributed by atoms with Gasteiger partial charge >= 0.3 is 5.97 Å². The van der Waals surface area contributed by atoms with Crippen LogP contribution >= 0.6 is 11.3 Å². The van der Waals surface area contributed by atoms with E-state index in [0.29, 0.717) is 16.1 Å². The number of esters is 1. The first kappa shape index (κ1) is 16.4. The number of hydrogen-bond donors (Lipinski definition) is 1. The second kappa shape index (κ2) is 6.65. The molecule has 0 saturated heterocycles. The average Bonchev–Trinajstić information content (AvgIpc) is 3.22. The van der Waals surface area contributed by atoms with E-state index in [1.807, 2.05) is 42.5 Å². The Bertz CT molecular complexity index is 1090. The molecule has 5 nitrogen and oxygen atoms in total. The van der Waals surface area contributed by atoms with E-state index in [-0.39, 0.29) is 12.4 Å². The summed E-state index contributed by atoms with van der Waals surface area (Å²) in [7, 11) is 0. The zero-order chi connectivity index (χ0) is 18.1. The van der Waals surface area contributed by atoms with Crippen LogP contribution in [0.3, 0.4) is 0 Å². The summed E-state index contributed by atoms with van der Waals surface area (Å²) < 4.78 is 11.7. The Kier molecular flexibility index (Phi) is 4.18. The first-order valence-corrected chi connectivity index (χ1v) is 8.97. The highest BCUT2D eigenvalue weighted by atomic mass is 32.1. The zero-order valence-electron chi connectivity index (χ0n) is 13.9. The smallest absolute Gasteiger partial charge is 0.341 e. The molecular weight excluding hydrogens is 350 g/mol. The predicted octanol–water partition coefficient (Wildman–Crippen LogP) is 5.08. The van der Waals surface area contributed by atoms with Gasteiger partial charge in [-0.25, -0.2) is 4.79 Å². The third-order valence-electron chi connectivity index (χ3n) is 3.95. The van der Waals surface area contributed by atoms with Gasteiger partial charge in [0.15, 0.2) is 5.76 Å². The van der Waals surface area contributed by atoms with Crippen LogP contribution in [0.1, 0.15) is 27.8 Å². The van der Waals surface area contributed by atoms with Gasteiger partial charge in [-0.1, -0.05) is 36.4 Å². The van der Waals surface area contributed by atoms with Crippen LogP contribution in [-0.2, 0) is 4.74 Å². The molecule has 0 unspecified atom stereocenters. The Morgan fingerprint density at radius 3 is 2.69 bits per heavy atom. The Labute approximate surface area is 153 Å². The molecule has 0 aliphatic carbocycles. The van der Waals surface area contributed by atoms with E-state index >= 15 is 0 Å². The topological polar surface area (TPSA) is 68.5 Å². The Morgan fingerprint density at radius 1 is 1.12 bits per heavy atom. The summed E-state index contributed by atoms with van der Waals surface area (Å²) >= 11 is 1.33. The standard InChI is InChI=1S/C20H15NO4S/c1-2-24-20(23)17-13-8-4-6-10-16(13)26-19(17)21-18(22)15-11-12-7-3-5-9-14(12)25-15/h3-11H,2H2,1H3,(H,21,22). The van der Waals surface area contributed by atoms with Crippen molar-refractivity contribution in [2.45, 2.75) is 6.92 Å². The molecule has 0 aliphatic rings. The van der Waals surface area contributed by atoms with Crippen molar-refractivity contribution in [1.29, 1.82) is 0 Å². The van der Waals surface area contributed by atoms with Gasteiger partial charge in [-0.3, -0.25) is 4.79 Å². The number of fused-ring (bicyclic) bond motifs is 2. The molecule has 4 rings (SSSR count). The van der Waals surface area contributed by atoms with Gasteiger partial charge in [0.2, 0.25) is 0 Å². The summed E-state index contributed by atoms with van der Waals surface area (Å²) in [4.78, 5) is 25.1. The van der Waals surface area contributed by atoms with Gasteiger partial charge in [0.25, 0.3) is 5.91 Å². The normalized spacial score (nSPS) is 11.0. The number of para-hydroxylation sites is 1. The molecule has 130 valence electrons. The fraction of sp³-hybridized carbons (Fsp3) is 0.100. The van der Waals surface area contributed by atoms with Gasteiger partial charge in [-0.2, -0.15) is 0 Å². The molecule has 0 atom stereocenters. The second-order valence-corrected chi connectivity index (χ2v) is 6.68. The van der Waals surface area contributed by atoms with Crippen LogP contribution < -0.4 is 5.32 Å². The molecule has 0 radical (unpaired) electrons. The fourth-order valence-electron chi connectivity index (χ4n) is 2.80. The summed E-state index contributed by atoms with van der Waals surface area (Å²) in [6.07, 6.45) is 0. The number of anilines is 1. The van der Waals surface area contributed by atoms with Crippen molar-refractivity contribution in [3.05, 3.63) is 65.9 Å². The number of carbonyl (C=O) groups excluding carboxylic acids is 2. The maximum atomic E-state index is 12.6. The van der Waals surface area contributed by atoms with Crippen LogP contribution in [0.2, 0.25) is 0 Å². The Balaban J connectivity index is 1.72. The maximum absolute atomic E-state index is 12.6. The van der Waals surface area contributed by atoms with Gasteiger partial charge in [-0.15, -0.1) is 11.3 Å². The maximum Gasteiger partial charge on any atom is 0.341 e. The molecule has 0 spiro atoms.